The van der Waals surface area contributed by atoms with Crippen LogP contribution in [0.2, 0.25) is 0 Å². The summed E-state index contributed by atoms with van der Waals surface area (Å²) in [6.07, 6.45) is -0.133. The van der Waals surface area contributed by atoms with E-state index in [0.717, 1.165) is 5.56 Å². The molecule has 2 N–H and O–H groups in total. The molecule has 6 heteroatoms. The van der Waals surface area contributed by atoms with E-state index >= 15 is 4.39 Å². The van der Waals surface area contributed by atoms with Crippen LogP contribution in [-0.2, 0) is 9.53 Å². The molecule has 0 saturated heterocycles. The van der Waals surface area contributed by atoms with Crippen molar-refractivity contribution >= 4 is 12.1 Å². The second-order valence-electron chi connectivity index (χ2n) is 7.26. The van der Waals surface area contributed by atoms with E-state index in [2.05, 4.69) is 5.32 Å². The van der Waals surface area contributed by atoms with Crippen molar-refractivity contribution in [1.29, 1.82) is 0 Å². The third kappa shape index (κ3) is 4.24. The second kappa shape index (κ2) is 6.79. The summed E-state index contributed by atoms with van der Waals surface area (Å²) in [6, 6.07) is 8.19. The van der Waals surface area contributed by atoms with E-state index in [1.807, 2.05) is 30.3 Å². The van der Waals surface area contributed by atoms with Crippen LogP contribution in [-0.4, -0.2) is 34.5 Å². The van der Waals surface area contributed by atoms with Crippen molar-refractivity contribution in [2.75, 3.05) is 0 Å². The number of alkyl carbamates (subject to hydrolysis) is 1. The third-order valence-electron chi connectivity index (χ3n) is 4.22. The molecule has 24 heavy (non-hydrogen) atoms. The number of ether oxygens (including phenoxy) is 1. The zero-order valence-electron chi connectivity index (χ0n) is 14.2. The number of amides is 1. The van der Waals surface area contributed by atoms with Gasteiger partial charge in [0.15, 0.2) is 0 Å². The highest BCUT2D eigenvalue weighted by atomic mass is 19.1. The zero-order valence-corrected chi connectivity index (χ0v) is 14.2. The van der Waals surface area contributed by atoms with Gasteiger partial charge in [-0.3, -0.25) is 0 Å². The monoisotopic (exact) mass is 337 g/mol. The Bertz CT molecular complexity index is 599. The van der Waals surface area contributed by atoms with Crippen molar-refractivity contribution in [1.82, 2.24) is 5.32 Å². The van der Waals surface area contributed by atoms with Gasteiger partial charge in [-0.1, -0.05) is 30.3 Å². The van der Waals surface area contributed by atoms with Crippen LogP contribution in [0.5, 0.6) is 0 Å². The Morgan fingerprint density at radius 2 is 1.88 bits per heavy atom. The molecule has 1 aliphatic rings. The molecule has 1 amide bonds. The molecule has 0 spiro atoms. The molecule has 0 bridgehead atoms. The van der Waals surface area contributed by atoms with E-state index in [4.69, 9.17) is 4.74 Å². The van der Waals surface area contributed by atoms with Crippen molar-refractivity contribution in [3.05, 3.63) is 35.9 Å². The number of nitrogens with one attached hydrogen (secondary N) is 1. The lowest BCUT2D eigenvalue weighted by Crippen LogP contribution is -2.58. The summed E-state index contributed by atoms with van der Waals surface area (Å²) in [6.45, 7) is 5.08. The molecule has 1 aromatic carbocycles. The van der Waals surface area contributed by atoms with Crippen LogP contribution in [0.25, 0.3) is 0 Å². The minimum atomic E-state index is -2.52. The van der Waals surface area contributed by atoms with E-state index in [-0.39, 0.29) is 18.8 Å². The molecule has 1 aromatic rings. The first-order chi connectivity index (χ1) is 11.1. The maximum Gasteiger partial charge on any atom is 0.407 e. The van der Waals surface area contributed by atoms with Gasteiger partial charge in [-0.05, 0) is 45.1 Å². The Labute approximate surface area is 141 Å². The van der Waals surface area contributed by atoms with E-state index < -0.39 is 29.4 Å². The van der Waals surface area contributed by atoms with Gasteiger partial charge >= 0.3 is 12.1 Å². The van der Waals surface area contributed by atoms with E-state index in [1.165, 1.54) is 0 Å². The van der Waals surface area contributed by atoms with Crippen molar-refractivity contribution in [2.45, 2.75) is 63.3 Å². The molecule has 1 fully saturated rings. The molecule has 0 heterocycles. The molecule has 3 atom stereocenters. The highest BCUT2D eigenvalue weighted by Gasteiger charge is 2.52. The fraction of sp³-hybridized carbons (Fsp3) is 0.556. The number of alkyl halides is 1. The Hall–Kier alpha value is -2.11. The first-order valence-corrected chi connectivity index (χ1v) is 8.08. The Kier molecular flexibility index (Phi) is 5.16. The van der Waals surface area contributed by atoms with Gasteiger partial charge in [0.05, 0.1) is 6.04 Å². The molecule has 3 unspecified atom stereocenters. The van der Waals surface area contributed by atoms with Crippen LogP contribution >= 0.6 is 0 Å². The number of benzene rings is 1. The summed E-state index contributed by atoms with van der Waals surface area (Å²) in [7, 11) is 0. The van der Waals surface area contributed by atoms with E-state index in [1.54, 1.807) is 20.8 Å². The number of carbonyl (C=O) groups excluding carboxylic acids is 1. The normalized spacial score (nSPS) is 27.3. The Morgan fingerprint density at radius 3 is 2.42 bits per heavy atom. The highest BCUT2D eigenvalue weighted by molar-refractivity contribution is 5.80. The SMILES string of the molecule is CC(C)(C)OC(=O)NC1CCC(c2ccccc2)CC1(F)C(=O)O. The van der Waals surface area contributed by atoms with Gasteiger partial charge in [-0.2, -0.15) is 0 Å². The number of hydrogen-bond acceptors (Lipinski definition) is 3. The molecule has 1 saturated carbocycles. The first-order valence-electron chi connectivity index (χ1n) is 8.08. The van der Waals surface area contributed by atoms with Crippen molar-refractivity contribution in [3.63, 3.8) is 0 Å². The number of rotatable bonds is 3. The predicted molar refractivity (Wildman–Crippen MR) is 87.7 cm³/mol. The lowest BCUT2D eigenvalue weighted by molar-refractivity contribution is -0.155. The Morgan fingerprint density at radius 1 is 1.25 bits per heavy atom. The average Bonchev–Trinajstić information content (AvgIpc) is 2.48. The number of hydrogen-bond donors (Lipinski definition) is 2. The third-order valence-corrected chi connectivity index (χ3v) is 4.22. The topological polar surface area (TPSA) is 75.6 Å². The smallest absolute Gasteiger partial charge is 0.407 e. The molecular formula is C18H24FNO4. The fourth-order valence-corrected chi connectivity index (χ4v) is 3.08. The zero-order chi connectivity index (χ0) is 18.0. The number of halogens is 1. The van der Waals surface area contributed by atoms with Crippen LogP contribution in [0.4, 0.5) is 9.18 Å². The van der Waals surface area contributed by atoms with E-state index in [9.17, 15) is 14.7 Å². The fourth-order valence-electron chi connectivity index (χ4n) is 3.08. The van der Waals surface area contributed by atoms with Crippen molar-refractivity contribution in [2.24, 2.45) is 0 Å². The first kappa shape index (κ1) is 18.2. The minimum absolute atomic E-state index is 0.174. The number of carboxylic acids is 1. The summed E-state index contributed by atoms with van der Waals surface area (Å²) in [5, 5.41) is 11.8. The summed E-state index contributed by atoms with van der Waals surface area (Å²) in [4.78, 5) is 23.5. The van der Waals surface area contributed by atoms with Crippen molar-refractivity contribution in [3.8, 4) is 0 Å². The second-order valence-corrected chi connectivity index (χ2v) is 7.26. The largest absolute Gasteiger partial charge is 0.479 e. The maximum absolute atomic E-state index is 15.2. The Balaban J connectivity index is 2.13. The number of carboxylic acid groups (broad SMARTS) is 1. The van der Waals surface area contributed by atoms with Crippen LogP contribution in [0, 0.1) is 0 Å². The van der Waals surface area contributed by atoms with Gasteiger partial charge < -0.3 is 15.2 Å². The molecule has 5 nitrogen and oxygen atoms in total. The number of carbonyl (C=O) groups is 2. The molecular weight excluding hydrogens is 313 g/mol. The predicted octanol–water partition coefficient (Wildman–Crippen LogP) is 3.64. The van der Waals surface area contributed by atoms with Gasteiger partial charge in [-0.15, -0.1) is 0 Å². The maximum atomic E-state index is 15.2. The summed E-state index contributed by atoms with van der Waals surface area (Å²) < 4.78 is 20.3. The molecule has 0 aromatic heterocycles. The van der Waals surface area contributed by atoms with Gasteiger partial charge in [0.2, 0.25) is 5.67 Å². The summed E-state index contributed by atoms with van der Waals surface area (Å²) in [5.74, 6) is -1.74. The van der Waals surface area contributed by atoms with Gasteiger partial charge in [0.1, 0.15) is 5.60 Å². The standard InChI is InChI=1S/C18H24FNO4/c1-17(2,3)24-16(23)20-14-10-9-13(11-18(14,19)15(21)22)12-7-5-4-6-8-12/h4-8,13-14H,9-11H2,1-3H3,(H,20,23)(H,21,22). The quantitative estimate of drug-likeness (QED) is 0.883. The van der Waals surface area contributed by atoms with Crippen molar-refractivity contribution < 1.29 is 23.8 Å². The minimum Gasteiger partial charge on any atom is -0.479 e. The van der Waals surface area contributed by atoms with Crippen LogP contribution in [0.15, 0.2) is 30.3 Å². The van der Waals surface area contributed by atoms with Crippen LogP contribution < -0.4 is 5.32 Å². The van der Waals surface area contributed by atoms with Gasteiger partial charge in [0.25, 0.3) is 0 Å². The van der Waals surface area contributed by atoms with Crippen LogP contribution in [0.1, 0.15) is 51.5 Å². The van der Waals surface area contributed by atoms with E-state index in [0.29, 0.717) is 6.42 Å². The lowest BCUT2D eigenvalue weighted by Gasteiger charge is -2.39. The molecule has 1 aliphatic carbocycles. The van der Waals surface area contributed by atoms with Gasteiger partial charge in [0, 0.05) is 6.42 Å². The van der Waals surface area contributed by atoms with Crippen LogP contribution in [0.3, 0.4) is 0 Å². The van der Waals surface area contributed by atoms with Gasteiger partial charge in [-0.25, -0.2) is 14.0 Å². The molecule has 132 valence electrons. The summed E-state index contributed by atoms with van der Waals surface area (Å²) >= 11 is 0. The number of aliphatic carboxylic acids is 1. The highest BCUT2D eigenvalue weighted by Crippen LogP contribution is 2.41. The lowest BCUT2D eigenvalue weighted by atomic mass is 9.73. The molecule has 0 radical (unpaired) electrons. The molecule has 2 rings (SSSR count). The molecule has 0 aliphatic heterocycles. The summed E-state index contributed by atoms with van der Waals surface area (Å²) in [5.41, 5.74) is -2.33. The average molecular weight is 337 g/mol.